The predicted molar refractivity (Wildman–Crippen MR) is 75.8 cm³/mol. The second-order valence-corrected chi connectivity index (χ2v) is 5.29. The van der Waals surface area contributed by atoms with Crippen molar-refractivity contribution < 1.29 is 10.0 Å². The molecule has 0 bridgehead atoms. The van der Waals surface area contributed by atoms with Crippen molar-refractivity contribution in [2.75, 3.05) is 5.32 Å². The first kappa shape index (κ1) is 13.4. The molecule has 6 heteroatoms. The van der Waals surface area contributed by atoms with Gasteiger partial charge < -0.3 is 10.4 Å². The fraction of sp³-hybridized carbons (Fsp3) is 0.231. The van der Waals surface area contributed by atoms with Gasteiger partial charge in [0.25, 0.3) is 5.69 Å². The molecule has 0 saturated carbocycles. The van der Waals surface area contributed by atoms with Crippen LogP contribution in [0.1, 0.15) is 16.7 Å². The zero-order valence-electron chi connectivity index (χ0n) is 10.4. The van der Waals surface area contributed by atoms with E-state index in [2.05, 4.69) is 18.3 Å². The van der Waals surface area contributed by atoms with Crippen LogP contribution in [0.5, 0.6) is 5.75 Å². The van der Waals surface area contributed by atoms with E-state index in [4.69, 9.17) is 0 Å². The number of thiophene rings is 1. The van der Waals surface area contributed by atoms with Gasteiger partial charge in [0.1, 0.15) is 11.4 Å². The Hall–Kier alpha value is -2.08. The number of nitrogens with zero attached hydrogens (tertiary/aromatic N) is 1. The standard InChI is InChI=1S/C13H14N2O3S/c1-2-10-4-5-11(19-10)8-14-12-6-3-9(16)7-13(12)15(17)18/h3-7,14,16H,2,8H2,1H3. The monoisotopic (exact) mass is 278 g/mol. The summed E-state index contributed by atoms with van der Waals surface area (Å²) in [5, 5.41) is 23.2. The Balaban J connectivity index is 2.12. The van der Waals surface area contributed by atoms with Crippen LogP contribution in [0, 0.1) is 10.1 Å². The maximum absolute atomic E-state index is 10.9. The number of phenols is 1. The number of rotatable bonds is 5. The summed E-state index contributed by atoms with van der Waals surface area (Å²) in [5.41, 5.74) is 0.293. The molecule has 0 saturated heterocycles. The van der Waals surface area contributed by atoms with Crippen molar-refractivity contribution in [3.63, 3.8) is 0 Å². The molecule has 0 radical (unpaired) electrons. The summed E-state index contributed by atoms with van der Waals surface area (Å²) >= 11 is 1.69. The van der Waals surface area contributed by atoms with Crippen molar-refractivity contribution in [2.24, 2.45) is 0 Å². The number of nitrogens with one attached hydrogen (secondary N) is 1. The van der Waals surface area contributed by atoms with Crippen molar-refractivity contribution in [1.29, 1.82) is 0 Å². The molecule has 0 spiro atoms. The average Bonchev–Trinajstić information content (AvgIpc) is 2.85. The van der Waals surface area contributed by atoms with E-state index in [0.29, 0.717) is 12.2 Å². The zero-order valence-corrected chi connectivity index (χ0v) is 11.2. The van der Waals surface area contributed by atoms with Crippen molar-refractivity contribution in [1.82, 2.24) is 0 Å². The van der Waals surface area contributed by atoms with E-state index in [-0.39, 0.29) is 11.4 Å². The van der Waals surface area contributed by atoms with Gasteiger partial charge in [0.15, 0.2) is 0 Å². The fourth-order valence-electron chi connectivity index (χ4n) is 1.71. The van der Waals surface area contributed by atoms with E-state index in [1.54, 1.807) is 11.3 Å². The highest BCUT2D eigenvalue weighted by molar-refractivity contribution is 7.12. The van der Waals surface area contributed by atoms with E-state index in [0.717, 1.165) is 17.4 Å². The SMILES string of the molecule is CCc1ccc(CNc2ccc(O)cc2[N+](=O)[O-])s1. The third kappa shape index (κ3) is 3.23. The van der Waals surface area contributed by atoms with Gasteiger partial charge >= 0.3 is 0 Å². The van der Waals surface area contributed by atoms with Gasteiger partial charge in [0.2, 0.25) is 0 Å². The van der Waals surface area contributed by atoms with Gasteiger partial charge in [-0.25, -0.2) is 0 Å². The number of nitro benzene ring substituents is 1. The lowest BCUT2D eigenvalue weighted by atomic mass is 10.2. The molecule has 1 aromatic heterocycles. The maximum Gasteiger partial charge on any atom is 0.296 e. The second-order valence-electron chi connectivity index (χ2n) is 4.03. The van der Waals surface area contributed by atoms with Gasteiger partial charge in [-0.2, -0.15) is 0 Å². The molecule has 0 unspecified atom stereocenters. The Morgan fingerprint density at radius 3 is 2.68 bits per heavy atom. The summed E-state index contributed by atoms with van der Waals surface area (Å²) in [6.45, 7) is 2.63. The van der Waals surface area contributed by atoms with Gasteiger partial charge in [-0.15, -0.1) is 11.3 Å². The minimum Gasteiger partial charge on any atom is -0.508 e. The third-order valence-corrected chi connectivity index (χ3v) is 3.93. The number of aromatic hydroxyl groups is 1. The van der Waals surface area contributed by atoms with Crippen LogP contribution in [0.25, 0.3) is 0 Å². The predicted octanol–water partition coefficient (Wildman–Crippen LogP) is 3.54. The number of benzene rings is 1. The van der Waals surface area contributed by atoms with Crippen LogP contribution in [-0.4, -0.2) is 10.0 Å². The average molecular weight is 278 g/mol. The summed E-state index contributed by atoms with van der Waals surface area (Å²) < 4.78 is 0. The van der Waals surface area contributed by atoms with Gasteiger partial charge in [0.05, 0.1) is 11.0 Å². The topological polar surface area (TPSA) is 75.4 Å². The molecule has 0 aliphatic carbocycles. The normalized spacial score (nSPS) is 10.4. The van der Waals surface area contributed by atoms with Gasteiger partial charge in [0, 0.05) is 16.3 Å². The van der Waals surface area contributed by atoms with Crippen LogP contribution in [0.2, 0.25) is 0 Å². The molecule has 0 aliphatic heterocycles. The molecule has 0 atom stereocenters. The quantitative estimate of drug-likeness (QED) is 0.498. The minimum absolute atomic E-state index is 0.110. The summed E-state index contributed by atoms with van der Waals surface area (Å²) in [6.07, 6.45) is 0.990. The first-order valence-electron chi connectivity index (χ1n) is 5.89. The molecule has 1 heterocycles. The minimum atomic E-state index is -0.506. The van der Waals surface area contributed by atoms with Crippen molar-refractivity contribution in [2.45, 2.75) is 19.9 Å². The number of hydrogen-bond donors (Lipinski definition) is 2. The molecule has 2 rings (SSSR count). The molecule has 100 valence electrons. The summed E-state index contributed by atoms with van der Waals surface area (Å²) in [4.78, 5) is 12.8. The Bertz CT molecular complexity index is 595. The summed E-state index contributed by atoms with van der Waals surface area (Å²) in [7, 11) is 0. The van der Waals surface area contributed by atoms with Crippen molar-refractivity contribution in [3.8, 4) is 5.75 Å². The highest BCUT2D eigenvalue weighted by Crippen LogP contribution is 2.29. The van der Waals surface area contributed by atoms with E-state index in [1.807, 2.05) is 6.07 Å². The Morgan fingerprint density at radius 1 is 1.32 bits per heavy atom. The van der Waals surface area contributed by atoms with Crippen molar-refractivity contribution >= 4 is 22.7 Å². The fourth-order valence-corrected chi connectivity index (χ4v) is 2.61. The van der Waals surface area contributed by atoms with Gasteiger partial charge in [-0.1, -0.05) is 6.92 Å². The highest BCUT2D eigenvalue weighted by Gasteiger charge is 2.14. The molecule has 2 aromatic rings. The molecule has 0 fully saturated rings. The van der Waals surface area contributed by atoms with Crippen LogP contribution in [0.3, 0.4) is 0 Å². The van der Waals surface area contributed by atoms with Gasteiger partial charge in [-0.05, 0) is 30.7 Å². The van der Waals surface area contributed by atoms with E-state index >= 15 is 0 Å². The van der Waals surface area contributed by atoms with E-state index in [9.17, 15) is 15.2 Å². The Labute approximate surface area is 114 Å². The summed E-state index contributed by atoms with van der Waals surface area (Å²) in [6, 6.07) is 8.17. The maximum atomic E-state index is 10.9. The first-order chi connectivity index (χ1) is 9.10. The van der Waals surface area contributed by atoms with Crippen LogP contribution in [0.15, 0.2) is 30.3 Å². The molecule has 19 heavy (non-hydrogen) atoms. The molecular weight excluding hydrogens is 264 g/mol. The molecule has 2 N–H and O–H groups in total. The molecule has 0 aliphatic rings. The van der Waals surface area contributed by atoms with Gasteiger partial charge in [-0.3, -0.25) is 10.1 Å². The largest absolute Gasteiger partial charge is 0.508 e. The van der Waals surface area contributed by atoms with E-state index in [1.165, 1.54) is 17.0 Å². The lowest BCUT2D eigenvalue weighted by Crippen LogP contribution is -2.01. The zero-order chi connectivity index (χ0) is 13.8. The van der Waals surface area contributed by atoms with Crippen LogP contribution in [-0.2, 0) is 13.0 Å². The lowest BCUT2D eigenvalue weighted by Gasteiger charge is -2.06. The van der Waals surface area contributed by atoms with Crippen LogP contribution >= 0.6 is 11.3 Å². The summed E-state index contributed by atoms with van der Waals surface area (Å²) in [5.74, 6) is -0.110. The molecule has 0 amide bonds. The highest BCUT2D eigenvalue weighted by atomic mass is 32.1. The Morgan fingerprint density at radius 2 is 2.05 bits per heavy atom. The number of phenolic OH excluding ortho intramolecular Hbond substituents is 1. The Kier molecular flexibility index (Phi) is 4.01. The smallest absolute Gasteiger partial charge is 0.296 e. The molecule has 1 aromatic carbocycles. The second kappa shape index (κ2) is 5.71. The number of aryl methyl sites for hydroxylation is 1. The molecular formula is C13H14N2O3S. The lowest BCUT2D eigenvalue weighted by molar-refractivity contribution is -0.384. The van der Waals surface area contributed by atoms with Crippen molar-refractivity contribution in [3.05, 3.63) is 50.2 Å². The number of nitro groups is 1. The number of anilines is 1. The van der Waals surface area contributed by atoms with Crippen LogP contribution in [0.4, 0.5) is 11.4 Å². The third-order valence-electron chi connectivity index (χ3n) is 2.70. The van der Waals surface area contributed by atoms with E-state index < -0.39 is 4.92 Å². The molecule has 5 nitrogen and oxygen atoms in total. The number of hydrogen-bond acceptors (Lipinski definition) is 5. The first-order valence-corrected chi connectivity index (χ1v) is 6.70. The van der Waals surface area contributed by atoms with Crippen LogP contribution < -0.4 is 5.32 Å².